The van der Waals surface area contributed by atoms with E-state index in [1.54, 1.807) is 68.1 Å². The van der Waals surface area contributed by atoms with E-state index in [2.05, 4.69) is 29.3 Å². The third-order valence-electron chi connectivity index (χ3n) is 6.12. The molecule has 6 rings (SSSR count). The minimum atomic E-state index is -0.300. The van der Waals surface area contributed by atoms with Crippen LogP contribution in [0.3, 0.4) is 0 Å². The molecule has 0 saturated carbocycles. The number of carbonyl (C=O) groups is 2. The van der Waals surface area contributed by atoms with Crippen LogP contribution >= 0.6 is 45.7 Å². The Balaban J connectivity index is 0.000000212. The zero-order valence-corrected chi connectivity index (χ0v) is 31.6. The summed E-state index contributed by atoms with van der Waals surface area (Å²) < 4.78 is 29.8. The highest BCUT2D eigenvalue weighted by atomic mass is 32.1. The second-order valence-corrected chi connectivity index (χ2v) is 14.0. The summed E-state index contributed by atoms with van der Waals surface area (Å²) in [6, 6.07) is 22.3. The fourth-order valence-electron chi connectivity index (χ4n) is 3.93. The normalized spacial score (nSPS) is 10.2. The molecule has 0 fully saturated rings. The smallest absolute Gasteiger partial charge is 0.264 e. The van der Waals surface area contributed by atoms with Gasteiger partial charge in [-0.3, -0.25) is 20.2 Å². The van der Waals surface area contributed by atoms with Crippen molar-refractivity contribution in [2.45, 2.75) is 20.8 Å². The minimum absolute atomic E-state index is 0.132. The van der Waals surface area contributed by atoms with E-state index in [4.69, 9.17) is 24.1 Å². The first-order valence-corrected chi connectivity index (χ1v) is 18.4. The summed E-state index contributed by atoms with van der Waals surface area (Å²) in [7, 11) is 3.11. The zero-order valence-electron chi connectivity index (χ0n) is 28.4. The summed E-state index contributed by atoms with van der Waals surface area (Å²) in [5.41, 5.74) is 0. The number of anilines is 2. The molecule has 0 bridgehead atoms. The van der Waals surface area contributed by atoms with Crippen LogP contribution in [0.15, 0.2) is 72.8 Å². The van der Waals surface area contributed by atoms with E-state index in [9.17, 15) is 9.59 Å². The number of ether oxygens (including phenoxy) is 4. The Labute approximate surface area is 311 Å². The first kappa shape index (κ1) is 38.9. The fourth-order valence-corrected chi connectivity index (χ4v) is 6.85. The predicted molar refractivity (Wildman–Crippen MR) is 203 cm³/mol. The maximum Gasteiger partial charge on any atom is 0.264 e. The molecule has 13 nitrogen and oxygen atoms in total. The van der Waals surface area contributed by atoms with Crippen molar-refractivity contribution < 1.29 is 33.6 Å². The number of aliphatic hydroxyl groups excluding tert-OH is 1. The highest BCUT2D eigenvalue weighted by Crippen LogP contribution is 2.30. The highest BCUT2D eigenvalue weighted by Gasteiger charge is 2.14. The molecule has 4 heterocycles. The number of aryl methyl sites for hydroxylation is 2. The lowest BCUT2D eigenvalue weighted by Gasteiger charge is -2.09. The molecular weight excluding hydrogens is 733 g/mol. The lowest BCUT2D eigenvalue weighted by atomic mass is 10.3. The molecule has 51 heavy (non-hydrogen) atoms. The van der Waals surface area contributed by atoms with Gasteiger partial charge in [-0.15, -0.1) is 22.7 Å². The molecule has 0 unspecified atom stereocenters. The summed E-state index contributed by atoms with van der Waals surface area (Å²) in [5.74, 6) is 2.84. The van der Waals surface area contributed by atoms with Crippen molar-refractivity contribution in [3.05, 3.63) is 82.6 Å². The predicted octanol–water partition coefficient (Wildman–Crippen LogP) is 7.20. The van der Waals surface area contributed by atoms with Gasteiger partial charge in [-0.05, 0) is 69.3 Å². The first-order valence-electron chi connectivity index (χ1n) is 15.3. The largest absolute Gasteiger partial charge is 0.493 e. The maximum atomic E-state index is 12.0. The summed E-state index contributed by atoms with van der Waals surface area (Å²) in [4.78, 5) is 37.0. The number of nitrogens with zero attached hydrogens (tertiary/aromatic N) is 4. The molecule has 0 atom stereocenters. The molecule has 0 radical (unpaired) electrons. The average Bonchev–Trinajstić information content (AvgIpc) is 3.96. The van der Waals surface area contributed by atoms with Crippen molar-refractivity contribution in [2.75, 3.05) is 44.7 Å². The van der Waals surface area contributed by atoms with Crippen LogP contribution in [-0.2, 0) is 9.59 Å². The molecule has 2 aromatic carbocycles. The summed E-state index contributed by atoms with van der Waals surface area (Å²) in [6.45, 7) is 5.72. The third kappa shape index (κ3) is 12.1. The van der Waals surface area contributed by atoms with Gasteiger partial charge in [0.1, 0.15) is 0 Å². The maximum absolute atomic E-state index is 12.0. The SMILES string of the molecule is CCO.COc1ccccc1OCC(=O)Nc1nc(-c2ccc(C)s2)ns1.COc1ccccc1OCC(=O)Nc1nc(-c2ccc(C)s2)ns1. The summed E-state index contributed by atoms with van der Waals surface area (Å²) in [6.07, 6.45) is 0. The van der Waals surface area contributed by atoms with Crippen LogP contribution in [0.1, 0.15) is 16.7 Å². The van der Waals surface area contributed by atoms with E-state index in [0.29, 0.717) is 44.9 Å². The average molecular weight is 769 g/mol. The molecule has 0 saturated heterocycles. The van der Waals surface area contributed by atoms with Crippen LogP contribution in [0.2, 0.25) is 0 Å². The number of aliphatic hydroxyl groups is 1. The number of hydrogen-bond donors (Lipinski definition) is 3. The number of para-hydroxylation sites is 4. The molecule has 0 aliphatic rings. The number of rotatable bonds is 12. The Morgan fingerprint density at radius 2 is 1.02 bits per heavy atom. The summed E-state index contributed by atoms with van der Waals surface area (Å²) >= 11 is 5.52. The molecule has 0 aliphatic heterocycles. The third-order valence-corrected chi connectivity index (χ3v) is 9.38. The number of nitrogens with one attached hydrogen (secondary N) is 2. The van der Waals surface area contributed by atoms with Crippen LogP contribution in [0, 0.1) is 13.8 Å². The topological polar surface area (TPSA) is 167 Å². The van der Waals surface area contributed by atoms with E-state index in [-0.39, 0.29) is 31.6 Å². The van der Waals surface area contributed by atoms with E-state index < -0.39 is 0 Å². The van der Waals surface area contributed by atoms with Gasteiger partial charge in [0, 0.05) is 39.4 Å². The second kappa shape index (κ2) is 20.0. The molecule has 17 heteroatoms. The monoisotopic (exact) mass is 768 g/mol. The van der Waals surface area contributed by atoms with Crippen LogP contribution < -0.4 is 29.6 Å². The quantitative estimate of drug-likeness (QED) is 0.115. The summed E-state index contributed by atoms with van der Waals surface area (Å²) in [5, 5.41) is 13.8. The van der Waals surface area contributed by atoms with Gasteiger partial charge < -0.3 is 24.1 Å². The van der Waals surface area contributed by atoms with E-state index in [1.807, 2.05) is 62.4 Å². The Morgan fingerprint density at radius 1 is 0.647 bits per heavy atom. The van der Waals surface area contributed by atoms with Crippen molar-refractivity contribution in [1.29, 1.82) is 0 Å². The molecule has 6 aromatic rings. The van der Waals surface area contributed by atoms with Crippen LogP contribution in [0.4, 0.5) is 10.3 Å². The molecule has 0 spiro atoms. The van der Waals surface area contributed by atoms with Gasteiger partial charge in [0.2, 0.25) is 10.3 Å². The van der Waals surface area contributed by atoms with Crippen molar-refractivity contribution in [3.63, 3.8) is 0 Å². The Hall–Kier alpha value is -4.94. The molecule has 4 aromatic heterocycles. The standard InChI is InChI=1S/2C16H15N3O3S2.C2H6O/c2*1-10-7-8-13(23-10)15-18-16(24-19-15)17-14(20)9-22-12-6-4-3-5-11(12)21-2;1-2-3/h2*3-8H,9H2,1-2H3,(H,17,18,19,20);3H,2H2,1H3. The van der Waals surface area contributed by atoms with Crippen molar-refractivity contribution in [3.8, 4) is 44.4 Å². The number of thiophene rings is 2. The molecule has 2 amide bonds. The second-order valence-electron chi connectivity index (χ2n) is 9.96. The highest BCUT2D eigenvalue weighted by molar-refractivity contribution is 7.16. The Bertz CT molecular complexity index is 1850. The lowest BCUT2D eigenvalue weighted by Crippen LogP contribution is -2.20. The van der Waals surface area contributed by atoms with Gasteiger partial charge in [-0.2, -0.15) is 18.7 Å². The molecular formula is C34H36N6O7S4. The number of amides is 2. The molecule has 268 valence electrons. The number of methoxy groups -OCH3 is 2. The van der Waals surface area contributed by atoms with E-state index >= 15 is 0 Å². The van der Waals surface area contributed by atoms with Crippen molar-refractivity contribution >= 4 is 67.8 Å². The zero-order chi connectivity index (χ0) is 36.6. The van der Waals surface area contributed by atoms with E-state index in [0.717, 1.165) is 32.8 Å². The van der Waals surface area contributed by atoms with Gasteiger partial charge >= 0.3 is 0 Å². The van der Waals surface area contributed by atoms with Gasteiger partial charge in [0.15, 0.2) is 47.9 Å². The molecule has 0 aliphatic carbocycles. The van der Waals surface area contributed by atoms with Crippen molar-refractivity contribution in [2.24, 2.45) is 0 Å². The Morgan fingerprint density at radius 3 is 1.35 bits per heavy atom. The number of benzene rings is 2. The minimum Gasteiger partial charge on any atom is -0.493 e. The fraction of sp³-hybridized carbons (Fsp3) is 0.235. The van der Waals surface area contributed by atoms with Crippen LogP contribution in [0.5, 0.6) is 23.0 Å². The number of carbonyl (C=O) groups excluding carboxylic acids is 2. The number of aromatic nitrogens is 4. The first-order chi connectivity index (χ1) is 24.7. The van der Waals surface area contributed by atoms with Crippen LogP contribution in [0.25, 0.3) is 21.4 Å². The Kier molecular flexibility index (Phi) is 15.3. The van der Waals surface area contributed by atoms with Gasteiger partial charge in [-0.1, -0.05) is 24.3 Å². The van der Waals surface area contributed by atoms with Crippen LogP contribution in [-0.4, -0.2) is 69.7 Å². The van der Waals surface area contributed by atoms with E-state index in [1.165, 1.54) is 9.75 Å². The lowest BCUT2D eigenvalue weighted by molar-refractivity contribution is -0.118. The van der Waals surface area contributed by atoms with Crippen molar-refractivity contribution in [1.82, 2.24) is 18.7 Å². The van der Waals surface area contributed by atoms with Gasteiger partial charge in [-0.25, -0.2) is 0 Å². The van der Waals surface area contributed by atoms with Gasteiger partial charge in [0.25, 0.3) is 11.8 Å². The number of hydrogen-bond acceptors (Lipinski definition) is 15. The van der Waals surface area contributed by atoms with Gasteiger partial charge in [0.05, 0.1) is 24.0 Å². The molecule has 3 N–H and O–H groups in total.